The molecule has 1 unspecified atom stereocenters. The topological polar surface area (TPSA) is 40.9 Å². The number of hydrogen-bond acceptors (Lipinski definition) is 2. The number of ketones is 1. The SMILES string of the molecule is CC(=O)C1=CC(C#N)=CCC=C1C(C)CCc1cccc(F)c1. The van der Waals surface area contributed by atoms with Gasteiger partial charge in [0.05, 0.1) is 6.07 Å². The molecule has 0 spiro atoms. The highest BCUT2D eigenvalue weighted by Gasteiger charge is 2.18. The third-order valence-electron chi connectivity index (χ3n) is 4.08. The van der Waals surface area contributed by atoms with Crippen molar-refractivity contribution in [3.63, 3.8) is 0 Å². The largest absolute Gasteiger partial charge is 0.295 e. The summed E-state index contributed by atoms with van der Waals surface area (Å²) in [6.45, 7) is 3.60. The highest BCUT2D eigenvalue weighted by atomic mass is 19.1. The first-order valence-corrected chi connectivity index (χ1v) is 7.79. The van der Waals surface area contributed by atoms with Crippen LogP contribution in [0, 0.1) is 23.1 Å². The van der Waals surface area contributed by atoms with Crippen molar-refractivity contribution in [3.05, 3.63) is 70.6 Å². The molecule has 1 aromatic carbocycles. The average molecular weight is 309 g/mol. The first kappa shape index (κ1) is 16.9. The molecule has 1 aromatic rings. The van der Waals surface area contributed by atoms with E-state index >= 15 is 0 Å². The average Bonchev–Trinajstić information content (AvgIpc) is 2.75. The molecule has 23 heavy (non-hydrogen) atoms. The van der Waals surface area contributed by atoms with Gasteiger partial charge in [-0.25, -0.2) is 4.39 Å². The van der Waals surface area contributed by atoms with Gasteiger partial charge in [-0.1, -0.05) is 31.2 Å². The fourth-order valence-electron chi connectivity index (χ4n) is 2.80. The summed E-state index contributed by atoms with van der Waals surface area (Å²) >= 11 is 0. The van der Waals surface area contributed by atoms with Gasteiger partial charge in [0.15, 0.2) is 5.78 Å². The maximum absolute atomic E-state index is 13.2. The molecular weight excluding hydrogens is 289 g/mol. The molecule has 2 nitrogen and oxygen atoms in total. The summed E-state index contributed by atoms with van der Waals surface area (Å²) in [5.74, 6) is -0.0900. The van der Waals surface area contributed by atoms with Gasteiger partial charge in [0, 0.05) is 11.1 Å². The number of hydrogen-bond donors (Lipinski definition) is 0. The van der Waals surface area contributed by atoms with Crippen LogP contribution in [0.5, 0.6) is 0 Å². The first-order chi connectivity index (χ1) is 11.0. The lowest BCUT2D eigenvalue weighted by Gasteiger charge is -2.17. The minimum absolute atomic E-state index is 0.0306. The molecule has 1 aliphatic rings. The van der Waals surface area contributed by atoms with Gasteiger partial charge in [0.1, 0.15) is 5.82 Å². The molecule has 118 valence electrons. The lowest BCUT2D eigenvalue weighted by molar-refractivity contribution is -0.113. The number of carbonyl (C=O) groups excluding carboxylic acids is 1. The summed E-state index contributed by atoms with van der Waals surface area (Å²) in [7, 11) is 0. The van der Waals surface area contributed by atoms with Gasteiger partial charge >= 0.3 is 0 Å². The second-order valence-corrected chi connectivity index (χ2v) is 5.85. The first-order valence-electron chi connectivity index (χ1n) is 7.79. The molecule has 0 amide bonds. The smallest absolute Gasteiger partial charge is 0.160 e. The van der Waals surface area contributed by atoms with E-state index in [2.05, 4.69) is 13.0 Å². The van der Waals surface area contributed by atoms with Gasteiger partial charge in [-0.05, 0) is 61.4 Å². The number of nitrogens with zero attached hydrogens (tertiary/aromatic N) is 1. The molecule has 0 aliphatic heterocycles. The molecule has 1 atom stereocenters. The lowest BCUT2D eigenvalue weighted by atomic mass is 9.87. The van der Waals surface area contributed by atoms with E-state index in [1.165, 1.54) is 13.0 Å². The van der Waals surface area contributed by atoms with E-state index in [-0.39, 0.29) is 17.5 Å². The summed E-state index contributed by atoms with van der Waals surface area (Å²) in [4.78, 5) is 12.0. The van der Waals surface area contributed by atoms with Gasteiger partial charge in [0.2, 0.25) is 0 Å². The van der Waals surface area contributed by atoms with E-state index < -0.39 is 0 Å². The second-order valence-electron chi connectivity index (χ2n) is 5.85. The van der Waals surface area contributed by atoms with Crippen molar-refractivity contribution in [2.45, 2.75) is 33.1 Å². The van der Waals surface area contributed by atoms with Crippen molar-refractivity contribution in [2.75, 3.05) is 0 Å². The number of aryl methyl sites for hydroxylation is 1. The molecule has 0 fully saturated rings. The fraction of sp³-hybridized carbons (Fsp3) is 0.300. The minimum atomic E-state index is -0.226. The Kier molecular flexibility index (Phi) is 5.65. The Balaban J connectivity index is 2.14. The van der Waals surface area contributed by atoms with Gasteiger partial charge < -0.3 is 0 Å². The van der Waals surface area contributed by atoms with Gasteiger partial charge in [-0.3, -0.25) is 4.79 Å². The Labute approximate surface area is 136 Å². The second kappa shape index (κ2) is 7.69. The Bertz CT molecular complexity index is 734. The van der Waals surface area contributed by atoms with Crippen LogP contribution in [0.15, 0.2) is 59.2 Å². The molecule has 0 saturated carbocycles. The van der Waals surface area contributed by atoms with Crippen LogP contribution in [0.3, 0.4) is 0 Å². The van der Waals surface area contributed by atoms with Crippen molar-refractivity contribution >= 4 is 5.78 Å². The fourth-order valence-corrected chi connectivity index (χ4v) is 2.80. The zero-order valence-electron chi connectivity index (χ0n) is 13.5. The predicted octanol–water partition coefficient (Wildman–Crippen LogP) is 4.69. The number of Topliss-reactive ketones (excluding diaryl/α,β-unsaturated/α-hetero) is 1. The molecule has 0 radical (unpaired) electrons. The molecule has 2 rings (SSSR count). The summed E-state index contributed by atoms with van der Waals surface area (Å²) in [5.41, 5.74) is 3.08. The molecular formula is C20H20FNO. The highest BCUT2D eigenvalue weighted by Crippen LogP contribution is 2.28. The number of benzene rings is 1. The normalized spacial score (nSPS) is 15.7. The van der Waals surface area contributed by atoms with Crippen LogP contribution in [0.4, 0.5) is 4.39 Å². The quantitative estimate of drug-likeness (QED) is 0.791. The molecule has 1 aliphatic carbocycles. The lowest BCUT2D eigenvalue weighted by Crippen LogP contribution is -2.09. The Morgan fingerprint density at radius 2 is 2.17 bits per heavy atom. The van der Waals surface area contributed by atoms with E-state index in [0.29, 0.717) is 17.6 Å². The van der Waals surface area contributed by atoms with Crippen LogP contribution in [-0.4, -0.2) is 5.78 Å². The summed E-state index contributed by atoms with van der Waals surface area (Å²) in [6, 6.07) is 8.72. The summed E-state index contributed by atoms with van der Waals surface area (Å²) in [6.07, 6.45) is 7.75. The van der Waals surface area contributed by atoms with Crippen LogP contribution in [-0.2, 0) is 11.2 Å². The zero-order chi connectivity index (χ0) is 16.8. The molecule has 0 bridgehead atoms. The van der Waals surface area contributed by atoms with Crippen molar-refractivity contribution in [2.24, 2.45) is 5.92 Å². The van der Waals surface area contributed by atoms with E-state index in [9.17, 15) is 9.18 Å². The van der Waals surface area contributed by atoms with Crippen molar-refractivity contribution in [3.8, 4) is 6.07 Å². The number of nitriles is 1. The highest BCUT2D eigenvalue weighted by molar-refractivity contribution is 5.98. The Morgan fingerprint density at radius 3 is 2.83 bits per heavy atom. The van der Waals surface area contributed by atoms with Crippen LogP contribution in [0.25, 0.3) is 0 Å². The zero-order valence-corrected chi connectivity index (χ0v) is 13.5. The maximum Gasteiger partial charge on any atom is 0.160 e. The standard InChI is InChI=1S/C20H20FNO/c1-14(9-10-16-5-3-7-18(21)11-16)19-8-4-6-17(13-22)12-20(19)15(2)23/h3,5-8,11-12,14H,4,9-10H2,1-2H3. The van der Waals surface area contributed by atoms with Crippen molar-refractivity contribution < 1.29 is 9.18 Å². The van der Waals surface area contributed by atoms with Gasteiger partial charge in [-0.2, -0.15) is 5.26 Å². The Morgan fingerprint density at radius 1 is 1.39 bits per heavy atom. The number of rotatable bonds is 5. The van der Waals surface area contributed by atoms with E-state index in [1.54, 1.807) is 18.2 Å². The van der Waals surface area contributed by atoms with Gasteiger partial charge in [-0.15, -0.1) is 0 Å². The van der Waals surface area contributed by atoms with Crippen LogP contribution < -0.4 is 0 Å². The molecule has 3 heteroatoms. The molecule has 0 aromatic heterocycles. The number of allylic oxidation sites excluding steroid dienone is 6. The van der Waals surface area contributed by atoms with Gasteiger partial charge in [0.25, 0.3) is 0 Å². The molecule has 0 N–H and O–H groups in total. The van der Waals surface area contributed by atoms with E-state index in [4.69, 9.17) is 5.26 Å². The van der Waals surface area contributed by atoms with Crippen LogP contribution >= 0.6 is 0 Å². The maximum atomic E-state index is 13.2. The summed E-state index contributed by atoms with van der Waals surface area (Å²) in [5, 5.41) is 9.09. The summed E-state index contributed by atoms with van der Waals surface area (Å²) < 4.78 is 13.2. The van der Waals surface area contributed by atoms with Crippen LogP contribution in [0.1, 0.15) is 32.3 Å². The third-order valence-corrected chi connectivity index (χ3v) is 4.08. The van der Waals surface area contributed by atoms with Crippen LogP contribution in [0.2, 0.25) is 0 Å². The monoisotopic (exact) mass is 309 g/mol. The van der Waals surface area contributed by atoms with Crippen molar-refractivity contribution in [1.29, 1.82) is 5.26 Å². The third kappa shape index (κ3) is 4.50. The predicted molar refractivity (Wildman–Crippen MR) is 89.0 cm³/mol. The van der Waals surface area contributed by atoms with Crippen molar-refractivity contribution in [1.82, 2.24) is 0 Å². The number of carbonyl (C=O) groups is 1. The molecule has 0 saturated heterocycles. The Hall–Kier alpha value is -2.47. The minimum Gasteiger partial charge on any atom is -0.295 e. The van der Waals surface area contributed by atoms with E-state index in [1.807, 2.05) is 18.2 Å². The molecule has 0 heterocycles. The number of halogens is 1. The van der Waals surface area contributed by atoms with E-state index in [0.717, 1.165) is 24.0 Å².